The van der Waals surface area contributed by atoms with Gasteiger partial charge in [-0.3, -0.25) is 0 Å². The van der Waals surface area contributed by atoms with Crippen LogP contribution < -0.4 is 10.1 Å². The van der Waals surface area contributed by atoms with Gasteiger partial charge >= 0.3 is 12.2 Å². The van der Waals surface area contributed by atoms with Crippen LogP contribution in [0.3, 0.4) is 0 Å². The molecule has 34 heavy (non-hydrogen) atoms. The van der Waals surface area contributed by atoms with Crippen LogP contribution in [0.4, 0.5) is 23.7 Å². The minimum atomic E-state index is -4.92. The fourth-order valence-electron chi connectivity index (χ4n) is 4.30. The molecule has 6 nitrogen and oxygen atoms in total. The Balaban J connectivity index is 1.96. The van der Waals surface area contributed by atoms with Crippen molar-refractivity contribution in [2.75, 3.05) is 19.5 Å². The zero-order valence-electron chi connectivity index (χ0n) is 20.1. The van der Waals surface area contributed by atoms with E-state index >= 15 is 0 Å². The third-order valence-corrected chi connectivity index (χ3v) is 6.39. The number of amides is 2. The SMILES string of the molecule is COc1c(NC(=O)N(C)[C@@H]2Cc3c(C)cccc3[C@@H]2O)cc(C(C)(C)C)cc1[C@@H](O)C(F)(F)F. The highest BCUT2D eigenvalue weighted by Gasteiger charge is 2.42. The Bertz CT molecular complexity index is 1080. The molecule has 186 valence electrons. The number of hydrogen-bond acceptors (Lipinski definition) is 4. The van der Waals surface area contributed by atoms with Gasteiger partial charge in [0.15, 0.2) is 6.10 Å². The molecule has 0 saturated carbocycles. The summed E-state index contributed by atoms with van der Waals surface area (Å²) in [6, 6.07) is 7.22. The Hall–Kier alpha value is -2.78. The molecular weight excluding hydrogens is 449 g/mol. The van der Waals surface area contributed by atoms with E-state index in [4.69, 9.17) is 4.74 Å². The molecule has 1 aliphatic rings. The predicted molar refractivity (Wildman–Crippen MR) is 123 cm³/mol. The van der Waals surface area contributed by atoms with Crippen molar-refractivity contribution in [3.8, 4) is 5.75 Å². The molecule has 3 rings (SSSR count). The third-order valence-electron chi connectivity index (χ3n) is 6.39. The van der Waals surface area contributed by atoms with Gasteiger partial charge in [-0.15, -0.1) is 0 Å². The number of ether oxygens (including phenoxy) is 1. The second-order valence-electron chi connectivity index (χ2n) is 9.74. The third kappa shape index (κ3) is 4.86. The molecule has 2 aromatic rings. The van der Waals surface area contributed by atoms with E-state index < -0.39 is 41.4 Å². The molecule has 0 spiro atoms. The number of urea groups is 1. The van der Waals surface area contributed by atoms with Crippen LogP contribution in [0.5, 0.6) is 5.75 Å². The van der Waals surface area contributed by atoms with Crippen molar-refractivity contribution in [3.05, 3.63) is 58.1 Å². The number of carbonyl (C=O) groups excluding carboxylic acids is 1. The Kier molecular flexibility index (Phi) is 6.92. The van der Waals surface area contributed by atoms with E-state index in [0.29, 0.717) is 12.0 Å². The number of nitrogens with one attached hydrogen (secondary N) is 1. The van der Waals surface area contributed by atoms with Gasteiger partial charge in [-0.2, -0.15) is 13.2 Å². The van der Waals surface area contributed by atoms with E-state index in [0.717, 1.165) is 16.7 Å². The summed E-state index contributed by atoms with van der Waals surface area (Å²) in [6.07, 6.45) is -8.15. The molecular formula is C25H31F3N2O4. The van der Waals surface area contributed by atoms with E-state index in [9.17, 15) is 28.2 Å². The van der Waals surface area contributed by atoms with E-state index in [1.807, 2.05) is 45.9 Å². The number of aliphatic hydroxyl groups is 2. The lowest BCUT2D eigenvalue weighted by atomic mass is 9.84. The van der Waals surface area contributed by atoms with E-state index in [2.05, 4.69) is 5.32 Å². The van der Waals surface area contributed by atoms with Gasteiger partial charge in [-0.1, -0.05) is 39.0 Å². The van der Waals surface area contributed by atoms with Gasteiger partial charge < -0.3 is 25.2 Å². The molecule has 2 amide bonds. The van der Waals surface area contributed by atoms with Crippen molar-refractivity contribution in [2.45, 2.75) is 64.0 Å². The van der Waals surface area contributed by atoms with Gasteiger partial charge in [0.1, 0.15) is 11.9 Å². The predicted octanol–water partition coefficient (Wildman–Crippen LogP) is 5.02. The van der Waals surface area contributed by atoms with Crippen molar-refractivity contribution < 1.29 is 32.9 Å². The number of hydrogen-bond donors (Lipinski definition) is 3. The number of halogens is 3. The molecule has 0 heterocycles. The van der Waals surface area contributed by atoms with Crippen LogP contribution >= 0.6 is 0 Å². The lowest BCUT2D eigenvalue weighted by Crippen LogP contribution is -2.42. The maximum absolute atomic E-state index is 13.4. The van der Waals surface area contributed by atoms with Crippen LogP contribution in [0.25, 0.3) is 0 Å². The van der Waals surface area contributed by atoms with Crippen molar-refractivity contribution in [1.29, 1.82) is 0 Å². The number of likely N-dealkylation sites (N-methyl/N-ethyl adjacent to an activating group) is 1. The maximum atomic E-state index is 13.4. The first-order chi connectivity index (χ1) is 15.7. The normalized spacial score (nSPS) is 18.9. The summed E-state index contributed by atoms with van der Waals surface area (Å²) in [4.78, 5) is 14.5. The highest BCUT2D eigenvalue weighted by atomic mass is 19.4. The molecule has 2 aromatic carbocycles. The molecule has 3 atom stereocenters. The minimum absolute atomic E-state index is 0.00579. The number of rotatable bonds is 4. The van der Waals surface area contributed by atoms with Crippen LogP contribution in [0, 0.1) is 6.92 Å². The molecule has 0 aromatic heterocycles. The van der Waals surface area contributed by atoms with E-state index in [-0.39, 0.29) is 11.4 Å². The highest BCUT2D eigenvalue weighted by molar-refractivity contribution is 5.92. The molecule has 0 unspecified atom stereocenters. The smallest absolute Gasteiger partial charge is 0.418 e. The first kappa shape index (κ1) is 25.8. The second kappa shape index (κ2) is 9.11. The number of benzene rings is 2. The zero-order valence-corrected chi connectivity index (χ0v) is 20.1. The summed E-state index contributed by atoms with van der Waals surface area (Å²) in [7, 11) is 2.70. The minimum Gasteiger partial charge on any atom is -0.494 e. The Morgan fingerprint density at radius 3 is 2.41 bits per heavy atom. The Labute approximate surface area is 197 Å². The number of anilines is 1. The monoisotopic (exact) mass is 480 g/mol. The van der Waals surface area contributed by atoms with Crippen LogP contribution in [0.2, 0.25) is 0 Å². The average Bonchev–Trinajstić information content (AvgIpc) is 3.08. The molecule has 0 saturated heterocycles. The van der Waals surface area contributed by atoms with Crippen molar-refractivity contribution in [1.82, 2.24) is 4.90 Å². The molecule has 1 aliphatic carbocycles. The number of methoxy groups -OCH3 is 1. The lowest BCUT2D eigenvalue weighted by molar-refractivity contribution is -0.207. The highest BCUT2D eigenvalue weighted by Crippen LogP contribution is 2.43. The van der Waals surface area contributed by atoms with Crippen LogP contribution in [0.1, 0.15) is 60.8 Å². The van der Waals surface area contributed by atoms with Crippen molar-refractivity contribution in [2.24, 2.45) is 0 Å². The lowest BCUT2D eigenvalue weighted by Gasteiger charge is -2.29. The van der Waals surface area contributed by atoms with Gasteiger partial charge in [-0.05, 0) is 53.1 Å². The Morgan fingerprint density at radius 1 is 1.24 bits per heavy atom. The topological polar surface area (TPSA) is 82.0 Å². The number of carbonyl (C=O) groups is 1. The van der Waals surface area contributed by atoms with Crippen molar-refractivity contribution in [3.63, 3.8) is 0 Å². The van der Waals surface area contributed by atoms with Crippen LogP contribution in [0.15, 0.2) is 30.3 Å². The number of fused-ring (bicyclic) bond motifs is 1. The quantitative estimate of drug-likeness (QED) is 0.574. The summed E-state index contributed by atoms with van der Waals surface area (Å²) in [5.41, 5.74) is 2.18. The van der Waals surface area contributed by atoms with Crippen LogP contribution in [-0.4, -0.2) is 47.5 Å². The number of nitrogens with zero attached hydrogens (tertiary/aromatic N) is 1. The summed E-state index contributed by atoms with van der Waals surface area (Å²) in [6.45, 7) is 7.37. The average molecular weight is 481 g/mol. The van der Waals surface area contributed by atoms with Crippen molar-refractivity contribution >= 4 is 11.7 Å². The standard InChI is InChI=1S/C25H31F3N2O4/c1-13-8-7-9-15-16(13)12-19(20(15)31)30(5)23(33)29-18-11-14(24(2,3)4)10-17(21(18)34-6)22(32)25(26,27)28/h7-11,19-20,22,31-32H,12H2,1-6H3,(H,29,33)/t19-,20+,22-/m1/s1. The number of alkyl halides is 3. The molecule has 0 bridgehead atoms. The number of aryl methyl sites for hydroxylation is 1. The second-order valence-corrected chi connectivity index (χ2v) is 9.74. The van der Waals surface area contributed by atoms with Gasteiger partial charge in [0.2, 0.25) is 0 Å². The molecule has 0 radical (unpaired) electrons. The van der Waals surface area contributed by atoms with Gasteiger partial charge in [-0.25, -0.2) is 4.79 Å². The largest absolute Gasteiger partial charge is 0.494 e. The van der Waals surface area contributed by atoms with E-state index in [1.54, 1.807) is 6.07 Å². The first-order valence-corrected chi connectivity index (χ1v) is 10.9. The molecule has 3 N–H and O–H groups in total. The molecule has 0 aliphatic heterocycles. The zero-order chi connectivity index (χ0) is 25.6. The molecule has 9 heteroatoms. The summed E-state index contributed by atoms with van der Waals surface area (Å²) in [5, 5.41) is 23.4. The Morgan fingerprint density at radius 2 is 1.88 bits per heavy atom. The summed E-state index contributed by atoms with van der Waals surface area (Å²) in [5.74, 6) is -0.273. The maximum Gasteiger partial charge on any atom is 0.418 e. The first-order valence-electron chi connectivity index (χ1n) is 10.9. The van der Waals surface area contributed by atoms with Gasteiger partial charge in [0, 0.05) is 12.6 Å². The number of aliphatic hydroxyl groups excluding tert-OH is 2. The molecule has 0 fully saturated rings. The summed E-state index contributed by atoms with van der Waals surface area (Å²) < 4.78 is 45.4. The fraction of sp³-hybridized carbons (Fsp3) is 0.480. The summed E-state index contributed by atoms with van der Waals surface area (Å²) >= 11 is 0. The van der Waals surface area contributed by atoms with E-state index in [1.165, 1.54) is 25.1 Å². The van der Waals surface area contributed by atoms with Crippen LogP contribution in [-0.2, 0) is 11.8 Å². The van der Waals surface area contributed by atoms with Gasteiger partial charge in [0.05, 0.1) is 18.8 Å². The fourth-order valence-corrected chi connectivity index (χ4v) is 4.30. The van der Waals surface area contributed by atoms with Gasteiger partial charge in [0.25, 0.3) is 0 Å².